The van der Waals surface area contributed by atoms with Gasteiger partial charge >= 0.3 is 5.97 Å². The monoisotopic (exact) mass is 488 g/mol. The number of benzene rings is 3. The predicted octanol–water partition coefficient (Wildman–Crippen LogP) is 4.91. The van der Waals surface area contributed by atoms with E-state index in [9.17, 15) is 18.0 Å². The van der Waals surface area contributed by atoms with Crippen molar-refractivity contribution in [3.05, 3.63) is 77.3 Å². The quantitative estimate of drug-likeness (QED) is 0.393. The third-order valence-electron chi connectivity index (χ3n) is 4.43. The van der Waals surface area contributed by atoms with Gasteiger partial charge in [0.1, 0.15) is 5.75 Å². The molecule has 3 aromatic rings. The molecule has 0 aliphatic rings. The number of anilines is 2. The lowest BCUT2D eigenvalue weighted by atomic mass is 10.1. The van der Waals surface area contributed by atoms with E-state index in [-0.39, 0.29) is 35.1 Å². The summed E-state index contributed by atoms with van der Waals surface area (Å²) in [5.41, 5.74) is 0.986. The summed E-state index contributed by atoms with van der Waals surface area (Å²) in [4.78, 5) is 22.8. The number of hydrogen-bond acceptors (Lipinski definition) is 5. The molecule has 1 amide bonds. The van der Waals surface area contributed by atoms with Crippen molar-refractivity contribution < 1.29 is 27.9 Å². The smallest absolute Gasteiger partial charge is 0.307 e. The lowest BCUT2D eigenvalue weighted by Crippen LogP contribution is -2.14. The summed E-state index contributed by atoms with van der Waals surface area (Å²) in [7, 11) is -4.00. The van der Waals surface area contributed by atoms with Crippen LogP contribution in [0.3, 0.4) is 0 Å². The molecule has 0 unspecified atom stereocenters. The molecule has 0 saturated carbocycles. The summed E-state index contributed by atoms with van der Waals surface area (Å²) in [6.07, 6.45) is 0.0652. The fourth-order valence-electron chi connectivity index (χ4n) is 2.86. The van der Waals surface area contributed by atoms with Crippen LogP contribution in [0.1, 0.15) is 18.9 Å². The number of halogens is 1. The van der Waals surface area contributed by atoms with Gasteiger partial charge in [0, 0.05) is 17.1 Å². The first-order valence-electron chi connectivity index (χ1n) is 9.87. The van der Waals surface area contributed by atoms with Crippen molar-refractivity contribution >= 4 is 44.9 Å². The number of carboxylic acid groups (broad SMARTS) is 1. The number of aliphatic carboxylic acids is 1. The zero-order chi connectivity index (χ0) is 24.0. The summed E-state index contributed by atoms with van der Waals surface area (Å²) < 4.78 is 34.2. The number of ether oxygens (including phenoxy) is 1. The Hall–Kier alpha value is -3.56. The highest BCUT2D eigenvalue weighted by atomic mass is 35.5. The zero-order valence-electron chi connectivity index (χ0n) is 17.5. The molecule has 8 nitrogen and oxygen atoms in total. The Morgan fingerprint density at radius 1 is 1.03 bits per heavy atom. The average Bonchev–Trinajstić information content (AvgIpc) is 2.75. The van der Waals surface area contributed by atoms with Gasteiger partial charge in [-0.3, -0.25) is 14.3 Å². The maximum absolute atomic E-state index is 12.9. The Morgan fingerprint density at radius 2 is 1.76 bits per heavy atom. The van der Waals surface area contributed by atoms with E-state index in [0.29, 0.717) is 22.0 Å². The van der Waals surface area contributed by atoms with Gasteiger partial charge in [-0.05, 0) is 60.2 Å². The van der Waals surface area contributed by atoms with Crippen LogP contribution in [0, 0.1) is 0 Å². The van der Waals surface area contributed by atoms with Crippen LogP contribution in [0.2, 0.25) is 5.02 Å². The molecular weight excluding hydrogens is 468 g/mol. The number of carbonyl (C=O) groups excluding carboxylic acids is 1. The Labute approximate surface area is 196 Å². The maximum Gasteiger partial charge on any atom is 0.307 e. The molecule has 3 aromatic carbocycles. The molecule has 0 aliphatic heterocycles. The van der Waals surface area contributed by atoms with Gasteiger partial charge in [0.2, 0.25) is 5.91 Å². The molecule has 0 saturated heterocycles. The molecule has 0 bridgehead atoms. The summed E-state index contributed by atoms with van der Waals surface area (Å²) >= 11 is 5.85. The highest BCUT2D eigenvalue weighted by molar-refractivity contribution is 7.92. The van der Waals surface area contributed by atoms with Crippen LogP contribution >= 0.6 is 11.6 Å². The van der Waals surface area contributed by atoms with Crippen LogP contribution < -0.4 is 14.8 Å². The summed E-state index contributed by atoms with van der Waals surface area (Å²) in [6, 6.07) is 16.6. The van der Waals surface area contributed by atoms with Crippen molar-refractivity contribution in [1.82, 2.24) is 0 Å². The summed E-state index contributed by atoms with van der Waals surface area (Å²) in [5.74, 6) is -0.739. The Bertz CT molecular complexity index is 1280. The second-order valence-corrected chi connectivity index (χ2v) is 9.11. The first-order chi connectivity index (χ1) is 15.7. The van der Waals surface area contributed by atoms with E-state index < -0.39 is 16.0 Å². The van der Waals surface area contributed by atoms with Crippen molar-refractivity contribution in [2.75, 3.05) is 10.0 Å². The fraction of sp³-hybridized carbons (Fsp3) is 0.130. The Morgan fingerprint density at radius 3 is 2.42 bits per heavy atom. The molecule has 0 aliphatic carbocycles. The third kappa shape index (κ3) is 6.71. The van der Waals surface area contributed by atoms with Crippen molar-refractivity contribution in [3.63, 3.8) is 0 Å². The number of carboxylic acids is 1. The second-order valence-electron chi connectivity index (χ2n) is 6.99. The normalized spacial score (nSPS) is 11.0. The van der Waals surface area contributed by atoms with Gasteiger partial charge in [-0.2, -0.15) is 0 Å². The first kappa shape index (κ1) is 24.1. The number of amides is 1. The van der Waals surface area contributed by atoms with Crippen LogP contribution in [-0.2, 0) is 26.0 Å². The van der Waals surface area contributed by atoms with Crippen LogP contribution in [0.25, 0.3) is 0 Å². The molecule has 172 valence electrons. The molecule has 0 atom stereocenters. The standard InChI is InChI=1S/C23H21ClN2O6S/c1-2-22(27)25-17-8-11-21(32-18-5-3-4-15(12-18)13-23(28)29)20(14-17)26-33(30,31)19-9-6-16(24)7-10-19/h3-12,14,26H,2,13H2,1H3,(H,25,27)(H,28,29). The number of nitrogens with one attached hydrogen (secondary N) is 2. The van der Waals surface area contributed by atoms with E-state index in [0.717, 1.165) is 0 Å². The highest BCUT2D eigenvalue weighted by Gasteiger charge is 2.18. The minimum Gasteiger partial charge on any atom is -0.481 e. The molecule has 33 heavy (non-hydrogen) atoms. The maximum atomic E-state index is 12.9. The molecule has 10 heteroatoms. The molecule has 3 rings (SSSR count). The molecule has 0 spiro atoms. The predicted molar refractivity (Wildman–Crippen MR) is 125 cm³/mol. The lowest BCUT2D eigenvalue weighted by molar-refractivity contribution is -0.136. The van der Waals surface area contributed by atoms with Crippen molar-refractivity contribution in [2.24, 2.45) is 0 Å². The number of rotatable bonds is 9. The topological polar surface area (TPSA) is 122 Å². The van der Waals surface area contributed by atoms with Gasteiger partial charge in [0.05, 0.1) is 17.0 Å². The van der Waals surface area contributed by atoms with Gasteiger partial charge in [-0.1, -0.05) is 30.7 Å². The van der Waals surface area contributed by atoms with Gasteiger partial charge in [-0.15, -0.1) is 0 Å². The van der Waals surface area contributed by atoms with E-state index in [4.69, 9.17) is 21.4 Å². The van der Waals surface area contributed by atoms with Crippen LogP contribution in [0.15, 0.2) is 71.6 Å². The van der Waals surface area contributed by atoms with E-state index in [1.165, 1.54) is 36.4 Å². The minimum absolute atomic E-state index is 0.00991. The average molecular weight is 489 g/mol. The lowest BCUT2D eigenvalue weighted by Gasteiger charge is -2.16. The SMILES string of the molecule is CCC(=O)Nc1ccc(Oc2cccc(CC(=O)O)c2)c(NS(=O)(=O)c2ccc(Cl)cc2)c1. The molecule has 0 fully saturated rings. The van der Waals surface area contributed by atoms with Gasteiger partial charge in [0.25, 0.3) is 10.0 Å². The molecule has 0 radical (unpaired) electrons. The van der Waals surface area contributed by atoms with Crippen LogP contribution in [-0.4, -0.2) is 25.4 Å². The first-order valence-corrected chi connectivity index (χ1v) is 11.7. The van der Waals surface area contributed by atoms with Crippen LogP contribution in [0.5, 0.6) is 11.5 Å². The van der Waals surface area contributed by atoms with Gasteiger partial charge in [0.15, 0.2) is 5.75 Å². The third-order valence-corrected chi connectivity index (χ3v) is 6.07. The summed E-state index contributed by atoms with van der Waals surface area (Å²) in [5, 5.41) is 12.1. The van der Waals surface area contributed by atoms with Crippen LogP contribution in [0.4, 0.5) is 11.4 Å². The molecule has 0 aromatic heterocycles. The van der Waals surface area contributed by atoms with Gasteiger partial charge < -0.3 is 15.2 Å². The Balaban J connectivity index is 1.97. The van der Waals surface area contributed by atoms with Crippen molar-refractivity contribution in [3.8, 4) is 11.5 Å². The van der Waals surface area contributed by atoms with E-state index in [1.54, 1.807) is 37.3 Å². The van der Waals surface area contributed by atoms with Crippen molar-refractivity contribution in [1.29, 1.82) is 0 Å². The van der Waals surface area contributed by atoms with Crippen molar-refractivity contribution in [2.45, 2.75) is 24.7 Å². The number of carbonyl (C=O) groups is 2. The highest BCUT2D eigenvalue weighted by Crippen LogP contribution is 2.34. The van der Waals surface area contributed by atoms with E-state index >= 15 is 0 Å². The fourth-order valence-corrected chi connectivity index (χ4v) is 4.05. The Kier molecular flexibility index (Phi) is 7.57. The van der Waals surface area contributed by atoms with E-state index in [2.05, 4.69) is 10.0 Å². The number of hydrogen-bond donors (Lipinski definition) is 3. The largest absolute Gasteiger partial charge is 0.481 e. The molecular formula is C23H21ClN2O6S. The van der Waals surface area contributed by atoms with Gasteiger partial charge in [-0.25, -0.2) is 8.42 Å². The summed E-state index contributed by atoms with van der Waals surface area (Å²) in [6.45, 7) is 1.70. The molecule has 3 N–H and O–H groups in total. The minimum atomic E-state index is -4.00. The zero-order valence-corrected chi connectivity index (χ0v) is 19.1. The van der Waals surface area contributed by atoms with E-state index in [1.807, 2.05) is 0 Å². The molecule has 0 heterocycles. The number of sulfonamides is 1. The second kappa shape index (κ2) is 10.4.